The molecule has 0 saturated heterocycles. The quantitative estimate of drug-likeness (QED) is 0.336. The van der Waals surface area contributed by atoms with Crippen LogP contribution in [-0.4, -0.2) is 34.9 Å². The van der Waals surface area contributed by atoms with Gasteiger partial charge in [0, 0.05) is 17.4 Å². The number of hydrogen-bond donors (Lipinski definition) is 3. The van der Waals surface area contributed by atoms with Gasteiger partial charge in [-0.25, -0.2) is 4.79 Å². The van der Waals surface area contributed by atoms with Crippen molar-refractivity contribution in [1.29, 1.82) is 0 Å². The van der Waals surface area contributed by atoms with E-state index in [-0.39, 0.29) is 56.9 Å². The number of carbonyl (C=O) groups is 2. The van der Waals surface area contributed by atoms with E-state index in [2.05, 4.69) is 4.18 Å². The standard InChI is InChI=1S/C13H8O11S.K/c14-5-1-3(12(17)18)8-7-4(13(19)23-10(5)8)2-6(15)11(9(7)16)24-25(20,21)22;/h2-3,15-16H,1H2,(H,17,18)(H,20,21,22);/q;+1/p-1. The van der Waals surface area contributed by atoms with Gasteiger partial charge < -0.3 is 23.9 Å². The van der Waals surface area contributed by atoms with Crippen LogP contribution in [0.1, 0.15) is 28.5 Å². The van der Waals surface area contributed by atoms with E-state index < -0.39 is 73.9 Å². The van der Waals surface area contributed by atoms with Crippen LogP contribution in [0, 0.1) is 0 Å². The maximum atomic E-state index is 11.9. The number of hydrogen-bond acceptors (Lipinski definition) is 9. The number of phenols is 1. The van der Waals surface area contributed by atoms with Crippen LogP contribution < -0.4 is 66.3 Å². The van der Waals surface area contributed by atoms with Crippen LogP contribution in [0.5, 0.6) is 17.2 Å². The average molecular weight is 410 g/mol. The van der Waals surface area contributed by atoms with Crippen LogP contribution in [0.2, 0.25) is 0 Å². The first-order valence-electron chi connectivity index (χ1n) is 6.48. The summed E-state index contributed by atoms with van der Waals surface area (Å²) < 4.78 is 39.1. The number of phenolic OH excluding ortho intramolecular Hbond substituents is 1. The minimum Gasteiger partial charge on any atom is -0.870 e. The molecule has 0 amide bonds. The molecule has 1 aromatic carbocycles. The predicted molar refractivity (Wildman–Crippen MR) is 75.1 cm³/mol. The summed E-state index contributed by atoms with van der Waals surface area (Å²) in [5, 5.41) is 30.1. The number of aliphatic carboxylic acids is 1. The molecule has 0 spiro atoms. The normalized spacial score (nSPS) is 16.2. The second kappa shape index (κ2) is 6.92. The van der Waals surface area contributed by atoms with Gasteiger partial charge in [0.25, 0.3) is 0 Å². The smallest absolute Gasteiger partial charge is 0.870 e. The number of carboxylic acids is 1. The summed E-state index contributed by atoms with van der Waals surface area (Å²) in [5.41, 5.74) is -1.59. The SMILES string of the molecule is O=C1CC(C(=O)O)c2c1oc(=O)c1cc([O-])c(OS(=O)(=O)O)c(O)c21.[K+]. The number of benzene rings is 1. The van der Waals surface area contributed by atoms with Gasteiger partial charge in [-0.15, -0.1) is 0 Å². The van der Waals surface area contributed by atoms with Crippen molar-refractivity contribution in [2.24, 2.45) is 0 Å². The molecule has 1 aromatic heterocycles. The summed E-state index contributed by atoms with van der Waals surface area (Å²) in [7, 11) is -5.20. The Morgan fingerprint density at radius 3 is 2.50 bits per heavy atom. The van der Waals surface area contributed by atoms with E-state index in [1.807, 2.05) is 0 Å². The van der Waals surface area contributed by atoms with E-state index >= 15 is 0 Å². The van der Waals surface area contributed by atoms with Crippen LogP contribution in [0.3, 0.4) is 0 Å². The first-order valence-corrected chi connectivity index (χ1v) is 7.84. The number of carboxylic acid groups (broad SMARTS) is 1. The fourth-order valence-electron chi connectivity index (χ4n) is 2.69. The van der Waals surface area contributed by atoms with E-state index in [1.54, 1.807) is 0 Å². The topological polar surface area (TPSA) is 191 Å². The Kier molecular flexibility index (Phi) is 5.54. The molecule has 3 N–H and O–H groups in total. The van der Waals surface area contributed by atoms with Crippen molar-refractivity contribution in [2.75, 3.05) is 0 Å². The fourth-order valence-corrected chi connectivity index (χ4v) is 3.06. The van der Waals surface area contributed by atoms with Crippen molar-refractivity contribution in [1.82, 2.24) is 0 Å². The molecule has 1 atom stereocenters. The molecular formula is C13H7KO11S. The van der Waals surface area contributed by atoms with Crippen molar-refractivity contribution in [2.45, 2.75) is 12.3 Å². The largest absolute Gasteiger partial charge is 1.00 e. The minimum absolute atomic E-state index is 0. The van der Waals surface area contributed by atoms with E-state index in [4.69, 9.17) is 8.97 Å². The summed E-state index contributed by atoms with van der Waals surface area (Å²) in [6.45, 7) is 0. The van der Waals surface area contributed by atoms with Gasteiger partial charge in [0.15, 0.2) is 23.0 Å². The van der Waals surface area contributed by atoms with Gasteiger partial charge in [-0.2, -0.15) is 8.42 Å². The Balaban J connectivity index is 0.00000243. The Morgan fingerprint density at radius 2 is 1.96 bits per heavy atom. The predicted octanol–water partition coefficient (Wildman–Crippen LogP) is -3.49. The molecule has 0 radical (unpaired) electrons. The van der Waals surface area contributed by atoms with Crippen LogP contribution >= 0.6 is 0 Å². The molecule has 13 heteroatoms. The molecule has 0 fully saturated rings. The van der Waals surface area contributed by atoms with E-state index in [0.717, 1.165) is 0 Å². The third-order valence-corrected chi connectivity index (χ3v) is 4.00. The summed E-state index contributed by atoms with van der Waals surface area (Å²) in [6, 6.07) is 0.545. The van der Waals surface area contributed by atoms with Gasteiger partial charge in [0.05, 0.1) is 11.3 Å². The fraction of sp³-hybridized carbons (Fsp3) is 0.154. The number of carbonyl (C=O) groups excluding carboxylic acids is 1. The second-order valence-electron chi connectivity index (χ2n) is 5.14. The molecule has 1 aliphatic carbocycles. The molecule has 2 aromatic rings. The Bertz CT molecular complexity index is 1120. The number of ketones is 1. The molecule has 132 valence electrons. The molecule has 0 bridgehead atoms. The molecule has 0 saturated carbocycles. The third kappa shape index (κ3) is 3.38. The number of rotatable bonds is 3. The zero-order valence-corrected chi connectivity index (χ0v) is 16.8. The van der Waals surface area contributed by atoms with Gasteiger partial charge in [-0.05, 0) is 0 Å². The first-order chi connectivity index (χ1) is 11.5. The Hall–Kier alpha value is -1.48. The van der Waals surface area contributed by atoms with E-state index in [0.29, 0.717) is 6.07 Å². The molecular weight excluding hydrogens is 403 g/mol. The summed E-state index contributed by atoms with van der Waals surface area (Å²) in [4.78, 5) is 35.1. The number of fused-ring (bicyclic) bond motifs is 3. The third-order valence-electron chi connectivity index (χ3n) is 3.63. The monoisotopic (exact) mass is 410 g/mol. The molecule has 0 aliphatic heterocycles. The number of aromatic hydroxyl groups is 1. The molecule has 11 nitrogen and oxygen atoms in total. The first kappa shape index (κ1) is 20.8. The maximum Gasteiger partial charge on any atom is 1.00 e. The summed E-state index contributed by atoms with van der Waals surface area (Å²) >= 11 is 0. The minimum atomic E-state index is -5.20. The molecule has 1 aliphatic rings. The van der Waals surface area contributed by atoms with Gasteiger partial charge >= 0.3 is 73.4 Å². The van der Waals surface area contributed by atoms with Crippen molar-refractivity contribution in [3.05, 3.63) is 27.8 Å². The Morgan fingerprint density at radius 1 is 1.35 bits per heavy atom. The van der Waals surface area contributed by atoms with Gasteiger partial charge in [0.1, 0.15) is 0 Å². The average Bonchev–Trinajstić information content (AvgIpc) is 2.80. The van der Waals surface area contributed by atoms with Crippen molar-refractivity contribution < 1.29 is 97.9 Å². The molecule has 1 heterocycles. The van der Waals surface area contributed by atoms with Crippen LogP contribution in [-0.2, 0) is 15.2 Å². The zero-order chi connectivity index (χ0) is 18.7. The Labute approximate surface area is 186 Å². The van der Waals surface area contributed by atoms with Crippen LogP contribution in [0.4, 0.5) is 0 Å². The van der Waals surface area contributed by atoms with Gasteiger partial charge in [-0.3, -0.25) is 14.1 Å². The van der Waals surface area contributed by atoms with Crippen molar-refractivity contribution in [3.63, 3.8) is 0 Å². The van der Waals surface area contributed by atoms with Crippen LogP contribution in [0.25, 0.3) is 10.8 Å². The van der Waals surface area contributed by atoms with E-state index in [9.17, 15) is 38.1 Å². The second-order valence-corrected chi connectivity index (χ2v) is 6.16. The summed E-state index contributed by atoms with van der Waals surface area (Å²) in [5.74, 6) is -8.12. The van der Waals surface area contributed by atoms with Gasteiger partial charge in [0.2, 0.25) is 0 Å². The summed E-state index contributed by atoms with van der Waals surface area (Å²) in [6.07, 6.45) is -0.556. The molecule has 1 unspecified atom stereocenters. The maximum absolute atomic E-state index is 11.9. The zero-order valence-electron chi connectivity index (χ0n) is 12.9. The van der Waals surface area contributed by atoms with Gasteiger partial charge in [-0.1, -0.05) is 11.8 Å². The van der Waals surface area contributed by atoms with Crippen LogP contribution in [0.15, 0.2) is 15.3 Å². The molecule has 3 rings (SSSR count). The van der Waals surface area contributed by atoms with Crippen molar-refractivity contribution in [3.8, 4) is 17.2 Å². The molecule has 26 heavy (non-hydrogen) atoms. The van der Waals surface area contributed by atoms with Crippen molar-refractivity contribution >= 4 is 32.9 Å². The van der Waals surface area contributed by atoms with E-state index in [1.165, 1.54) is 0 Å². The number of Topliss-reactive ketones (excluding diaryl/α,β-unsaturated/α-hetero) is 1.